The molecule has 126 valence electrons. The molecule has 0 saturated heterocycles. The zero-order valence-electron chi connectivity index (χ0n) is 14.8. The topological polar surface area (TPSA) is 51.2 Å². The Labute approximate surface area is 139 Å². The van der Waals surface area contributed by atoms with Crippen molar-refractivity contribution in [3.63, 3.8) is 0 Å². The van der Waals surface area contributed by atoms with Crippen LogP contribution in [0, 0.1) is 6.92 Å². The van der Waals surface area contributed by atoms with Crippen molar-refractivity contribution < 1.29 is 9.53 Å². The van der Waals surface area contributed by atoms with Crippen LogP contribution in [0.5, 0.6) is 0 Å². The van der Waals surface area contributed by atoms with Gasteiger partial charge in [0.1, 0.15) is 6.29 Å². The van der Waals surface area contributed by atoms with Gasteiger partial charge in [-0.25, -0.2) is 0 Å². The summed E-state index contributed by atoms with van der Waals surface area (Å²) in [7, 11) is 3.25. The first-order valence-electron chi connectivity index (χ1n) is 7.76. The molecule has 23 heavy (non-hydrogen) atoms. The number of aldehydes is 1. The predicted octanol–water partition coefficient (Wildman–Crippen LogP) is 3.63. The van der Waals surface area contributed by atoms with Crippen molar-refractivity contribution in [2.45, 2.75) is 27.3 Å². The monoisotopic (exact) mass is 316 g/mol. The maximum Gasteiger partial charge on any atom is 0.133 e. The summed E-state index contributed by atoms with van der Waals surface area (Å²) in [6.07, 6.45) is 4.58. The fourth-order valence-corrected chi connectivity index (χ4v) is 1.85. The predicted molar refractivity (Wildman–Crippen MR) is 96.5 cm³/mol. The van der Waals surface area contributed by atoms with Crippen LogP contribution in [0.1, 0.15) is 25.0 Å². The highest BCUT2D eigenvalue weighted by Gasteiger charge is 2.00. The van der Waals surface area contributed by atoms with Crippen molar-refractivity contribution >= 4 is 6.29 Å². The van der Waals surface area contributed by atoms with E-state index in [4.69, 9.17) is 0 Å². The fraction of sp³-hybridized carbons (Fsp3) is 0.368. The third kappa shape index (κ3) is 8.86. The molecule has 4 nitrogen and oxygen atoms in total. The second kappa shape index (κ2) is 13.6. The molecule has 2 rings (SSSR count). The second-order valence-corrected chi connectivity index (χ2v) is 4.66. The Morgan fingerprint density at radius 3 is 2.43 bits per heavy atom. The highest BCUT2D eigenvalue weighted by atomic mass is 16.4. The largest absolute Gasteiger partial charge is 0.388 e. The molecule has 0 aliphatic heterocycles. The number of hydrogen-bond donors (Lipinski definition) is 1. The minimum atomic E-state index is 0.385. The number of methoxy groups -OCH3 is 1. The van der Waals surface area contributed by atoms with Gasteiger partial charge in [-0.1, -0.05) is 32.0 Å². The van der Waals surface area contributed by atoms with Gasteiger partial charge in [0.25, 0.3) is 0 Å². The van der Waals surface area contributed by atoms with Gasteiger partial charge in [-0.05, 0) is 35.7 Å². The molecule has 0 fully saturated rings. The number of ether oxygens (including phenoxy) is 1. The van der Waals surface area contributed by atoms with Gasteiger partial charge < -0.3 is 14.8 Å². The molecule has 0 aliphatic rings. The molecule has 0 radical (unpaired) electrons. The van der Waals surface area contributed by atoms with Gasteiger partial charge in [-0.2, -0.15) is 0 Å². The molecular weight excluding hydrogens is 288 g/mol. The summed E-state index contributed by atoms with van der Waals surface area (Å²) in [5.74, 6) is 0. The number of carbonyl (C=O) groups is 1. The van der Waals surface area contributed by atoms with Crippen molar-refractivity contribution in [2.75, 3.05) is 20.8 Å². The number of benzene rings is 1. The summed E-state index contributed by atoms with van der Waals surface area (Å²) in [6, 6.07) is 10.4. The van der Waals surface area contributed by atoms with E-state index in [0.29, 0.717) is 13.1 Å². The molecule has 1 aromatic carbocycles. The van der Waals surface area contributed by atoms with Gasteiger partial charge in [-0.3, -0.25) is 4.98 Å². The highest BCUT2D eigenvalue weighted by molar-refractivity contribution is 5.63. The normalized spacial score (nSPS) is 9.09. The molecule has 0 spiro atoms. The molecule has 2 aromatic rings. The first kappa shape index (κ1) is 21.0. The van der Waals surface area contributed by atoms with E-state index in [1.54, 1.807) is 14.2 Å². The van der Waals surface area contributed by atoms with Crippen molar-refractivity contribution in [1.29, 1.82) is 0 Å². The molecule has 0 aliphatic carbocycles. The quantitative estimate of drug-likeness (QED) is 0.676. The number of hydrogen-bond acceptors (Lipinski definition) is 4. The van der Waals surface area contributed by atoms with E-state index >= 15 is 0 Å². The number of aromatic nitrogens is 1. The molecule has 1 N–H and O–H groups in total. The number of pyridine rings is 1. The van der Waals surface area contributed by atoms with E-state index in [2.05, 4.69) is 33.2 Å². The van der Waals surface area contributed by atoms with Crippen LogP contribution in [0.3, 0.4) is 0 Å². The van der Waals surface area contributed by atoms with E-state index in [-0.39, 0.29) is 0 Å². The fourth-order valence-electron chi connectivity index (χ4n) is 1.85. The van der Waals surface area contributed by atoms with E-state index in [1.165, 1.54) is 0 Å². The maximum absolute atomic E-state index is 10.3. The Morgan fingerprint density at radius 2 is 1.83 bits per heavy atom. The van der Waals surface area contributed by atoms with Gasteiger partial charge in [0.15, 0.2) is 0 Å². The van der Waals surface area contributed by atoms with Gasteiger partial charge in [-0.15, -0.1) is 0 Å². The lowest BCUT2D eigenvalue weighted by Crippen LogP contribution is -2.15. The summed E-state index contributed by atoms with van der Waals surface area (Å²) in [5.41, 5.74) is 4.58. The first-order valence-corrected chi connectivity index (χ1v) is 7.76. The number of aryl methyl sites for hydroxylation is 1. The molecule has 0 unspecified atom stereocenters. The van der Waals surface area contributed by atoms with Crippen molar-refractivity contribution in [1.82, 2.24) is 10.3 Å². The number of nitrogens with one attached hydrogen (secondary N) is 1. The molecule has 1 aromatic heterocycles. The van der Waals surface area contributed by atoms with Crippen LogP contribution >= 0.6 is 0 Å². The molecule has 1 heterocycles. The number of rotatable bonds is 5. The minimum Gasteiger partial charge on any atom is -0.388 e. The van der Waals surface area contributed by atoms with Crippen LogP contribution in [0.2, 0.25) is 0 Å². The molecule has 4 heteroatoms. The number of nitrogens with zero attached hydrogens (tertiary/aromatic N) is 1. The molecular formula is C19H28N2O2. The zero-order chi connectivity index (χ0) is 17.5. The number of carbonyl (C=O) groups excluding carboxylic acids is 1. The highest BCUT2D eigenvalue weighted by Crippen LogP contribution is 2.20. The van der Waals surface area contributed by atoms with Crippen molar-refractivity contribution in [3.05, 3.63) is 53.9 Å². The molecule has 0 saturated carbocycles. The molecule has 0 atom stereocenters. The van der Waals surface area contributed by atoms with Crippen LogP contribution in [-0.2, 0) is 16.1 Å². The van der Waals surface area contributed by atoms with Gasteiger partial charge in [0.05, 0.1) is 6.54 Å². The third-order valence-electron chi connectivity index (χ3n) is 2.69. The standard InChI is InChI=1S/C15H16N2O.C2H6O.C2H6/c1-12-7-15(11-17-9-12)14-4-2-3-13(8-14)10-16-5-6-18;1-3-2;1-2/h2-4,6-9,11,16H,5,10H2,1H3;1-2H3;1-2H3. The average molecular weight is 316 g/mol. The summed E-state index contributed by atoms with van der Waals surface area (Å²) < 4.78 is 4.25. The van der Waals surface area contributed by atoms with E-state index in [9.17, 15) is 4.79 Å². The van der Waals surface area contributed by atoms with Crippen LogP contribution in [0.15, 0.2) is 42.7 Å². The smallest absolute Gasteiger partial charge is 0.133 e. The van der Waals surface area contributed by atoms with Crippen molar-refractivity contribution in [3.8, 4) is 11.1 Å². The summed E-state index contributed by atoms with van der Waals surface area (Å²) in [4.78, 5) is 14.5. The third-order valence-corrected chi connectivity index (χ3v) is 2.69. The van der Waals surface area contributed by atoms with E-state index in [1.807, 2.05) is 45.3 Å². The van der Waals surface area contributed by atoms with E-state index in [0.717, 1.165) is 28.5 Å². The summed E-state index contributed by atoms with van der Waals surface area (Å²) in [6.45, 7) is 7.12. The summed E-state index contributed by atoms with van der Waals surface area (Å²) in [5, 5.41) is 3.06. The zero-order valence-corrected chi connectivity index (χ0v) is 14.8. The minimum absolute atomic E-state index is 0.385. The Balaban J connectivity index is 0.000000868. The molecule has 0 bridgehead atoms. The summed E-state index contributed by atoms with van der Waals surface area (Å²) >= 11 is 0. The second-order valence-electron chi connectivity index (χ2n) is 4.66. The van der Waals surface area contributed by atoms with Crippen LogP contribution < -0.4 is 5.32 Å². The van der Waals surface area contributed by atoms with Gasteiger partial charge in [0.2, 0.25) is 0 Å². The first-order chi connectivity index (χ1) is 11.2. The Hall–Kier alpha value is -2.04. The lowest BCUT2D eigenvalue weighted by atomic mass is 10.0. The van der Waals surface area contributed by atoms with Crippen LogP contribution in [-0.4, -0.2) is 32.0 Å². The molecule has 0 amide bonds. The Morgan fingerprint density at radius 1 is 1.13 bits per heavy atom. The van der Waals surface area contributed by atoms with Crippen LogP contribution in [0.4, 0.5) is 0 Å². The van der Waals surface area contributed by atoms with Crippen LogP contribution in [0.25, 0.3) is 11.1 Å². The van der Waals surface area contributed by atoms with Gasteiger partial charge in [0, 0.05) is 38.7 Å². The van der Waals surface area contributed by atoms with E-state index < -0.39 is 0 Å². The lowest BCUT2D eigenvalue weighted by molar-refractivity contribution is -0.107. The maximum atomic E-state index is 10.3. The Kier molecular flexibility index (Phi) is 12.4. The average Bonchev–Trinajstić information content (AvgIpc) is 2.58. The Bertz CT molecular complexity index is 557. The van der Waals surface area contributed by atoms with Gasteiger partial charge >= 0.3 is 0 Å². The SMILES string of the molecule is CC.COC.Cc1cncc(-c2cccc(CNCC=O)c2)c1. The van der Waals surface area contributed by atoms with Crippen molar-refractivity contribution in [2.24, 2.45) is 0 Å². The lowest BCUT2D eigenvalue weighted by Gasteiger charge is -2.06.